The molecule has 4 heterocycles. The second-order valence-electron chi connectivity index (χ2n) is 13.7. The number of nitrogens with one attached hydrogen (secondary N) is 1. The molecule has 254 valence electrons. The van der Waals surface area contributed by atoms with Crippen LogP contribution in [0, 0.1) is 18.6 Å². The number of carbonyl (C=O) groups excluding carboxylic acids is 1. The zero-order chi connectivity index (χ0) is 33.6. The zero-order valence-electron chi connectivity index (χ0n) is 27.5. The number of amides is 1. The minimum atomic E-state index is -4.22. The van der Waals surface area contributed by atoms with Crippen LogP contribution in [0.1, 0.15) is 79.7 Å². The first-order valence-corrected chi connectivity index (χ1v) is 18.6. The number of carbonyl (C=O) groups is 1. The Morgan fingerprint density at radius 3 is 2.29 bits per heavy atom. The molecule has 1 amide bonds. The van der Waals surface area contributed by atoms with E-state index in [0.29, 0.717) is 50.1 Å². The molecule has 11 heteroatoms. The Kier molecular flexibility index (Phi) is 8.89. The summed E-state index contributed by atoms with van der Waals surface area (Å²) in [6.45, 7) is 5.46. The van der Waals surface area contributed by atoms with E-state index in [1.807, 2.05) is 12.1 Å². The molecule has 2 bridgehead atoms. The van der Waals surface area contributed by atoms with Crippen molar-refractivity contribution in [3.63, 3.8) is 0 Å². The van der Waals surface area contributed by atoms with Gasteiger partial charge in [-0.25, -0.2) is 26.9 Å². The van der Waals surface area contributed by atoms with Gasteiger partial charge in [0.2, 0.25) is 10.0 Å². The highest BCUT2D eigenvalue weighted by molar-refractivity contribution is 7.89. The Morgan fingerprint density at radius 1 is 0.938 bits per heavy atom. The van der Waals surface area contributed by atoms with Crippen LogP contribution >= 0.6 is 0 Å². The summed E-state index contributed by atoms with van der Waals surface area (Å²) >= 11 is 0. The summed E-state index contributed by atoms with van der Waals surface area (Å²) < 4.78 is 59.2. The molecule has 1 aromatic heterocycles. The number of hydrogen-bond acceptors (Lipinski definition) is 5. The van der Waals surface area contributed by atoms with E-state index >= 15 is 0 Å². The maximum absolute atomic E-state index is 14.9. The van der Waals surface area contributed by atoms with Gasteiger partial charge in [-0.15, -0.1) is 0 Å². The van der Waals surface area contributed by atoms with Gasteiger partial charge in [0.15, 0.2) is 0 Å². The fourth-order valence-electron chi connectivity index (χ4n) is 8.74. The number of imidazole rings is 1. The van der Waals surface area contributed by atoms with Gasteiger partial charge in [0.1, 0.15) is 22.4 Å². The number of para-hydroxylation sites is 2. The number of halogens is 2. The summed E-state index contributed by atoms with van der Waals surface area (Å²) in [5, 5.41) is 0. The van der Waals surface area contributed by atoms with Crippen molar-refractivity contribution in [2.24, 2.45) is 0 Å². The van der Waals surface area contributed by atoms with Crippen molar-refractivity contribution in [3.05, 3.63) is 95.3 Å². The Bertz CT molecular complexity index is 1910. The van der Waals surface area contributed by atoms with Crippen LogP contribution < -0.4 is 4.72 Å². The number of aromatic nitrogens is 2. The predicted molar refractivity (Wildman–Crippen MR) is 181 cm³/mol. The van der Waals surface area contributed by atoms with Gasteiger partial charge in [0.25, 0.3) is 5.91 Å². The van der Waals surface area contributed by atoms with Crippen molar-refractivity contribution in [2.45, 2.75) is 87.2 Å². The minimum Gasteiger partial charge on any atom is -0.338 e. The number of piperidine rings is 2. The van der Waals surface area contributed by atoms with Crippen molar-refractivity contribution >= 4 is 27.0 Å². The average molecular weight is 676 g/mol. The molecule has 0 saturated carbocycles. The number of nitrogens with zero attached hydrogens (tertiary/aromatic N) is 4. The van der Waals surface area contributed by atoms with Crippen LogP contribution in [-0.4, -0.2) is 71.9 Å². The molecule has 7 rings (SSSR count). The van der Waals surface area contributed by atoms with E-state index in [-0.39, 0.29) is 12.0 Å². The molecule has 3 atom stereocenters. The molecule has 48 heavy (non-hydrogen) atoms. The van der Waals surface area contributed by atoms with Gasteiger partial charge in [-0.2, -0.15) is 0 Å². The number of likely N-dealkylation sites (tertiary alicyclic amines) is 1. The lowest BCUT2D eigenvalue weighted by atomic mass is 9.70. The lowest BCUT2D eigenvalue weighted by Crippen LogP contribution is -2.49. The Labute approximate surface area is 281 Å². The summed E-state index contributed by atoms with van der Waals surface area (Å²) in [6, 6.07) is 21.7. The number of sulfonamides is 1. The third-order valence-electron chi connectivity index (χ3n) is 11.1. The van der Waals surface area contributed by atoms with E-state index < -0.39 is 38.0 Å². The van der Waals surface area contributed by atoms with Gasteiger partial charge in [0.05, 0.1) is 16.6 Å². The Morgan fingerprint density at radius 2 is 1.60 bits per heavy atom. The fraction of sp³-hybridized carbons (Fsp3) is 0.459. The lowest BCUT2D eigenvalue weighted by Gasteiger charge is -2.45. The van der Waals surface area contributed by atoms with Crippen molar-refractivity contribution in [1.29, 1.82) is 0 Å². The van der Waals surface area contributed by atoms with Crippen LogP contribution in [0.3, 0.4) is 0 Å². The van der Waals surface area contributed by atoms with Gasteiger partial charge >= 0.3 is 0 Å². The summed E-state index contributed by atoms with van der Waals surface area (Å²) in [6.07, 6.45) is 6.93. The number of hydrogen-bond donors (Lipinski definition) is 1. The highest BCUT2D eigenvalue weighted by atomic mass is 32.2. The minimum absolute atomic E-state index is 0.0388. The molecule has 0 spiro atoms. The highest BCUT2D eigenvalue weighted by Crippen LogP contribution is 2.45. The number of rotatable bonds is 9. The molecule has 3 saturated heterocycles. The first kappa shape index (κ1) is 32.9. The van der Waals surface area contributed by atoms with Gasteiger partial charge in [-0.3, -0.25) is 9.69 Å². The van der Waals surface area contributed by atoms with E-state index in [0.717, 1.165) is 43.2 Å². The third kappa shape index (κ3) is 5.94. The molecule has 0 radical (unpaired) electrons. The van der Waals surface area contributed by atoms with Crippen molar-refractivity contribution in [1.82, 2.24) is 24.1 Å². The van der Waals surface area contributed by atoms with E-state index in [4.69, 9.17) is 4.98 Å². The van der Waals surface area contributed by atoms with E-state index in [1.165, 1.54) is 23.9 Å². The van der Waals surface area contributed by atoms with E-state index in [1.54, 1.807) is 11.8 Å². The molecule has 3 aliphatic heterocycles. The molecular formula is C37H43F2N5O3S. The normalized spacial score (nSPS) is 22.8. The second kappa shape index (κ2) is 13.0. The standard InChI is InChI=1S/C37H43F2N5O3S/c1-3-40-48(46,47)35-23-30(31(38)24-32(35)39)36(45)42-18-15-37(16-19-42,26-9-5-4-6-10-26)17-20-43-27-13-14-28(43)22-29(21-27)44-25(2)41-33-11-7-8-12-34(33)44/h4-12,23-24,27-29,40H,3,13-22H2,1-2H3/t27-,28+,29+. The maximum Gasteiger partial charge on any atom is 0.256 e. The number of fused-ring (bicyclic) bond motifs is 3. The molecule has 4 aromatic rings. The molecule has 3 fully saturated rings. The smallest absolute Gasteiger partial charge is 0.256 e. The predicted octanol–water partition coefficient (Wildman–Crippen LogP) is 6.35. The summed E-state index contributed by atoms with van der Waals surface area (Å²) in [7, 11) is -4.22. The van der Waals surface area contributed by atoms with Crippen LogP contribution in [-0.2, 0) is 15.4 Å². The molecule has 3 aliphatic rings. The monoisotopic (exact) mass is 675 g/mol. The quantitative estimate of drug-likeness (QED) is 0.223. The Hall–Kier alpha value is -3.67. The van der Waals surface area contributed by atoms with Crippen LogP contribution in [0.5, 0.6) is 0 Å². The average Bonchev–Trinajstić information content (AvgIpc) is 3.54. The third-order valence-corrected chi connectivity index (χ3v) is 12.7. The van der Waals surface area contributed by atoms with E-state index in [2.05, 4.69) is 63.6 Å². The van der Waals surface area contributed by atoms with Gasteiger partial charge in [0, 0.05) is 43.8 Å². The molecular weight excluding hydrogens is 633 g/mol. The first-order chi connectivity index (χ1) is 23.1. The lowest BCUT2D eigenvalue weighted by molar-refractivity contribution is 0.0602. The zero-order valence-corrected chi connectivity index (χ0v) is 28.4. The largest absolute Gasteiger partial charge is 0.338 e. The van der Waals surface area contributed by atoms with Crippen LogP contribution in [0.15, 0.2) is 71.6 Å². The molecule has 0 aliphatic carbocycles. The topological polar surface area (TPSA) is 87.5 Å². The second-order valence-corrected chi connectivity index (χ2v) is 15.5. The van der Waals surface area contributed by atoms with Crippen LogP contribution in [0.2, 0.25) is 0 Å². The molecule has 8 nitrogen and oxygen atoms in total. The van der Waals surface area contributed by atoms with Crippen molar-refractivity contribution in [2.75, 3.05) is 26.2 Å². The van der Waals surface area contributed by atoms with Crippen molar-refractivity contribution < 1.29 is 22.0 Å². The van der Waals surface area contributed by atoms with Gasteiger partial charge in [-0.05, 0) is 87.6 Å². The summed E-state index contributed by atoms with van der Waals surface area (Å²) in [5.74, 6) is -1.83. The molecule has 1 N–H and O–H groups in total. The number of aryl methyl sites for hydroxylation is 1. The molecule has 0 unspecified atom stereocenters. The van der Waals surface area contributed by atoms with Gasteiger partial charge in [-0.1, -0.05) is 49.4 Å². The highest BCUT2D eigenvalue weighted by Gasteiger charge is 2.44. The van der Waals surface area contributed by atoms with Crippen LogP contribution in [0.4, 0.5) is 8.78 Å². The fourth-order valence-corrected chi connectivity index (χ4v) is 9.86. The summed E-state index contributed by atoms with van der Waals surface area (Å²) in [5.41, 5.74) is 2.92. The number of benzene rings is 3. The van der Waals surface area contributed by atoms with Crippen LogP contribution in [0.25, 0.3) is 11.0 Å². The molecule has 3 aromatic carbocycles. The first-order valence-electron chi connectivity index (χ1n) is 17.1. The SMILES string of the molecule is CCNS(=O)(=O)c1cc(C(=O)N2CCC(CCN3[C@@H]4CC[C@H]3C[C@@H](n3c(C)nc5ccccc53)C4)(c3ccccc3)CC2)c(F)cc1F. The van der Waals surface area contributed by atoms with E-state index in [9.17, 15) is 22.0 Å². The summed E-state index contributed by atoms with van der Waals surface area (Å²) in [4.78, 5) is 22.0. The Balaban J connectivity index is 1.07. The maximum atomic E-state index is 14.9. The van der Waals surface area contributed by atoms with Gasteiger partial charge < -0.3 is 9.47 Å². The van der Waals surface area contributed by atoms with Crippen molar-refractivity contribution in [3.8, 4) is 0 Å².